The van der Waals surface area contributed by atoms with E-state index in [9.17, 15) is 32.2 Å². The summed E-state index contributed by atoms with van der Waals surface area (Å²) >= 11 is 5.99. The van der Waals surface area contributed by atoms with E-state index in [1.165, 1.54) is 33.5 Å². The van der Waals surface area contributed by atoms with Crippen LogP contribution in [-0.2, 0) is 14.8 Å². The summed E-state index contributed by atoms with van der Waals surface area (Å²) in [6.07, 6.45) is 1.66. The number of carbonyl (C=O) groups excluding carboxylic acids is 1. The Kier molecular flexibility index (Phi) is 7.08. The number of nitrogens with zero attached hydrogens (tertiary/aromatic N) is 2. The van der Waals surface area contributed by atoms with Crippen molar-refractivity contribution < 1.29 is 32.2 Å². The van der Waals surface area contributed by atoms with Crippen LogP contribution in [0.3, 0.4) is 0 Å². The Bertz CT molecular complexity index is 1270. The Hall–Kier alpha value is -2.11. The first kappa shape index (κ1) is 26.5. The molecule has 1 amide bonds. The fourth-order valence-electron chi connectivity index (χ4n) is 6.06. The highest BCUT2D eigenvalue weighted by Gasteiger charge is 2.63. The van der Waals surface area contributed by atoms with Gasteiger partial charge in [0, 0.05) is 23.7 Å². The minimum atomic E-state index is -4.22. The second-order valence-corrected chi connectivity index (χ2v) is 12.6. The van der Waals surface area contributed by atoms with Gasteiger partial charge in [0.05, 0.1) is 35.1 Å². The van der Waals surface area contributed by atoms with E-state index in [4.69, 9.17) is 11.6 Å². The van der Waals surface area contributed by atoms with Crippen molar-refractivity contribution in [3.63, 3.8) is 0 Å². The van der Waals surface area contributed by atoms with Crippen molar-refractivity contribution in [2.45, 2.75) is 67.6 Å². The highest BCUT2D eigenvalue weighted by molar-refractivity contribution is 7.89. The minimum Gasteiger partial charge on any atom is -0.394 e. The second-order valence-electron chi connectivity index (χ2n) is 10.3. The highest BCUT2D eigenvalue weighted by atomic mass is 35.5. The number of sulfonamides is 1. The van der Waals surface area contributed by atoms with Gasteiger partial charge in [0.2, 0.25) is 15.9 Å². The SMILES string of the molecule is O=C(N1C[C@@H](O)C[C@H]1CO)C1([C@H]2CCC[C@@H](c3cc(F)cc(F)c3)N2S(=O)(=O)c2ccc(Cl)cc2)CC1. The number of likely N-dealkylation sites (tertiary alicyclic amines) is 1. The van der Waals surface area contributed by atoms with Gasteiger partial charge in [-0.2, -0.15) is 4.31 Å². The Morgan fingerprint density at radius 3 is 2.32 bits per heavy atom. The van der Waals surface area contributed by atoms with Gasteiger partial charge in [-0.05, 0) is 80.5 Å². The Labute approximate surface area is 219 Å². The fourth-order valence-corrected chi connectivity index (χ4v) is 8.12. The number of hydrogen-bond acceptors (Lipinski definition) is 5. The smallest absolute Gasteiger partial charge is 0.243 e. The van der Waals surface area contributed by atoms with Crippen molar-refractivity contribution in [1.82, 2.24) is 9.21 Å². The summed E-state index contributed by atoms with van der Waals surface area (Å²) in [6, 6.07) is 6.51. The molecule has 2 aromatic rings. The molecule has 2 aromatic carbocycles. The molecule has 3 aliphatic rings. The molecule has 1 saturated carbocycles. The van der Waals surface area contributed by atoms with Crippen LogP contribution < -0.4 is 0 Å². The fraction of sp³-hybridized carbons (Fsp3) is 0.500. The van der Waals surface area contributed by atoms with E-state index in [0.717, 1.165) is 18.2 Å². The van der Waals surface area contributed by atoms with Gasteiger partial charge < -0.3 is 15.1 Å². The summed E-state index contributed by atoms with van der Waals surface area (Å²) in [5.74, 6) is -1.92. The van der Waals surface area contributed by atoms with E-state index in [0.29, 0.717) is 37.1 Å². The maximum absolute atomic E-state index is 14.2. The Balaban J connectivity index is 1.60. The van der Waals surface area contributed by atoms with E-state index in [-0.39, 0.29) is 35.9 Å². The van der Waals surface area contributed by atoms with Gasteiger partial charge in [-0.25, -0.2) is 17.2 Å². The Morgan fingerprint density at radius 2 is 1.73 bits per heavy atom. The van der Waals surface area contributed by atoms with Crippen LogP contribution in [0, 0.1) is 17.0 Å². The van der Waals surface area contributed by atoms with Crippen LogP contribution in [0.4, 0.5) is 8.78 Å². The molecule has 37 heavy (non-hydrogen) atoms. The minimum absolute atomic E-state index is 0.0289. The van der Waals surface area contributed by atoms with Gasteiger partial charge in [0.25, 0.3) is 0 Å². The predicted octanol–water partition coefficient (Wildman–Crippen LogP) is 3.64. The summed E-state index contributed by atoms with van der Waals surface area (Å²) in [7, 11) is -4.22. The van der Waals surface area contributed by atoms with Gasteiger partial charge in [-0.1, -0.05) is 11.6 Å². The molecule has 0 aromatic heterocycles. The lowest BCUT2D eigenvalue weighted by atomic mass is 9.84. The molecule has 200 valence electrons. The third-order valence-corrected chi connectivity index (χ3v) is 10.1. The van der Waals surface area contributed by atoms with Crippen LogP contribution in [0.25, 0.3) is 0 Å². The number of hydrogen-bond donors (Lipinski definition) is 2. The molecule has 1 aliphatic carbocycles. The molecule has 2 N–H and O–H groups in total. The zero-order chi connectivity index (χ0) is 26.5. The normalized spacial score (nSPS) is 27.9. The molecular weight excluding hydrogens is 526 g/mol. The lowest BCUT2D eigenvalue weighted by Gasteiger charge is -2.45. The van der Waals surface area contributed by atoms with Crippen molar-refractivity contribution in [2.75, 3.05) is 13.2 Å². The number of β-amino-alcohol motifs (C(OH)–C–C–N with tert-alkyl or cyclic N) is 1. The number of halogens is 3. The number of carbonyl (C=O) groups is 1. The third kappa shape index (κ3) is 4.78. The zero-order valence-corrected chi connectivity index (χ0v) is 21.6. The lowest BCUT2D eigenvalue weighted by molar-refractivity contribution is -0.141. The average Bonchev–Trinajstić information content (AvgIpc) is 3.58. The van der Waals surface area contributed by atoms with E-state index in [2.05, 4.69) is 0 Å². The molecule has 7 nitrogen and oxygen atoms in total. The van der Waals surface area contributed by atoms with Crippen molar-refractivity contribution in [3.8, 4) is 0 Å². The molecule has 0 bridgehead atoms. The largest absolute Gasteiger partial charge is 0.394 e. The number of rotatable bonds is 6. The molecule has 11 heteroatoms. The van der Waals surface area contributed by atoms with Gasteiger partial charge >= 0.3 is 0 Å². The van der Waals surface area contributed by atoms with Gasteiger partial charge in [-0.15, -0.1) is 0 Å². The van der Waals surface area contributed by atoms with Crippen molar-refractivity contribution >= 4 is 27.5 Å². The third-order valence-electron chi connectivity index (χ3n) is 7.94. The first-order chi connectivity index (χ1) is 17.6. The summed E-state index contributed by atoms with van der Waals surface area (Å²) in [5.41, 5.74) is -0.852. The molecule has 4 atom stereocenters. The molecule has 2 heterocycles. The van der Waals surface area contributed by atoms with Gasteiger partial charge in [0.15, 0.2) is 0 Å². The van der Waals surface area contributed by atoms with Gasteiger partial charge in [0.1, 0.15) is 11.6 Å². The maximum atomic E-state index is 14.2. The molecule has 0 radical (unpaired) electrons. The van der Waals surface area contributed by atoms with E-state index in [1.807, 2.05) is 0 Å². The quantitative estimate of drug-likeness (QED) is 0.568. The standard InChI is InChI=1S/C26H29ClF2N2O5S/c27-17-4-6-22(7-5-17)37(35,36)31-23(16-10-18(28)12-19(29)11-16)2-1-3-24(31)26(8-9-26)25(34)30-14-21(33)13-20(30)15-32/h4-7,10-12,20-21,23-24,32-33H,1-3,8-9,13-15H2/t20-,21-,23-,24+/m0/s1. The molecule has 5 rings (SSSR count). The van der Waals surface area contributed by atoms with Crippen LogP contribution in [0.2, 0.25) is 5.02 Å². The molecule has 2 saturated heterocycles. The predicted molar refractivity (Wildman–Crippen MR) is 132 cm³/mol. The van der Waals surface area contributed by atoms with E-state index in [1.54, 1.807) is 0 Å². The van der Waals surface area contributed by atoms with Gasteiger partial charge in [-0.3, -0.25) is 4.79 Å². The molecule has 2 aliphatic heterocycles. The number of benzene rings is 2. The lowest BCUT2D eigenvalue weighted by Crippen LogP contribution is -2.55. The molecule has 0 unspecified atom stereocenters. The zero-order valence-electron chi connectivity index (χ0n) is 20.1. The molecular formula is C26H29ClF2N2O5S. The van der Waals surface area contributed by atoms with Crippen LogP contribution in [0.5, 0.6) is 0 Å². The van der Waals surface area contributed by atoms with E-state index >= 15 is 0 Å². The topological polar surface area (TPSA) is 98.2 Å². The summed E-state index contributed by atoms with van der Waals surface area (Å²) in [4.78, 5) is 15.3. The highest BCUT2D eigenvalue weighted by Crippen LogP contribution is 2.58. The average molecular weight is 555 g/mol. The monoisotopic (exact) mass is 554 g/mol. The van der Waals surface area contributed by atoms with Crippen molar-refractivity contribution in [3.05, 3.63) is 64.7 Å². The first-order valence-electron chi connectivity index (χ1n) is 12.4. The number of aliphatic hydroxyl groups excluding tert-OH is 2. The summed E-state index contributed by atoms with van der Waals surface area (Å²) in [5, 5.41) is 20.3. The summed E-state index contributed by atoms with van der Waals surface area (Å²) in [6.45, 7) is -0.234. The second kappa shape index (κ2) is 9.89. The maximum Gasteiger partial charge on any atom is 0.243 e. The number of amides is 1. The molecule has 3 fully saturated rings. The molecule has 0 spiro atoms. The number of aliphatic hydroxyl groups is 2. The van der Waals surface area contributed by atoms with E-state index < -0.39 is 51.3 Å². The van der Waals surface area contributed by atoms with Crippen molar-refractivity contribution in [1.29, 1.82) is 0 Å². The van der Waals surface area contributed by atoms with Crippen LogP contribution in [-0.4, -0.2) is 65.1 Å². The van der Waals surface area contributed by atoms with Crippen LogP contribution >= 0.6 is 11.6 Å². The van der Waals surface area contributed by atoms with Crippen molar-refractivity contribution in [2.24, 2.45) is 5.41 Å². The van der Waals surface area contributed by atoms with Crippen LogP contribution in [0.1, 0.15) is 50.1 Å². The van der Waals surface area contributed by atoms with Crippen LogP contribution in [0.15, 0.2) is 47.4 Å². The summed E-state index contributed by atoms with van der Waals surface area (Å²) < 4.78 is 58.0. The number of piperidine rings is 1. The first-order valence-corrected chi connectivity index (χ1v) is 14.2. The Morgan fingerprint density at radius 1 is 1.08 bits per heavy atom.